The fourth-order valence-corrected chi connectivity index (χ4v) is 5.01. The highest BCUT2D eigenvalue weighted by molar-refractivity contribution is 7.99. The van der Waals surface area contributed by atoms with Crippen molar-refractivity contribution in [3.8, 4) is 11.4 Å². The Balaban J connectivity index is 1.73. The van der Waals surface area contributed by atoms with Crippen LogP contribution in [0.15, 0.2) is 69.4 Å². The van der Waals surface area contributed by atoms with Gasteiger partial charge in [0.15, 0.2) is 5.16 Å². The van der Waals surface area contributed by atoms with Crippen LogP contribution < -0.4 is 10.3 Å². The Morgan fingerprint density at radius 3 is 2.67 bits per heavy atom. The van der Waals surface area contributed by atoms with Crippen LogP contribution in [0.4, 0.5) is 0 Å². The van der Waals surface area contributed by atoms with Crippen LogP contribution in [0, 0.1) is 0 Å². The van der Waals surface area contributed by atoms with Gasteiger partial charge in [0.05, 0.1) is 22.9 Å². The van der Waals surface area contributed by atoms with Crippen LogP contribution in [-0.2, 0) is 12.2 Å². The number of nitrogens with zero attached hydrogens (tertiary/aromatic N) is 2. The number of aromatic nitrogens is 2. The van der Waals surface area contributed by atoms with Crippen molar-refractivity contribution in [3.05, 3.63) is 76.2 Å². The number of hydrogen-bond donors (Lipinski definition) is 0. The normalized spacial score (nSPS) is 12.8. The smallest absolute Gasteiger partial charge is 0.272 e. The van der Waals surface area contributed by atoms with Gasteiger partial charge in [-0.25, -0.2) is 4.98 Å². The average molecular weight is 397 g/mol. The Kier molecular flexibility index (Phi) is 5.55. The highest BCUT2D eigenvalue weighted by atomic mass is 32.2. The average Bonchev–Trinajstić information content (AvgIpc) is 3.17. The van der Waals surface area contributed by atoms with Gasteiger partial charge in [-0.05, 0) is 36.8 Å². The maximum atomic E-state index is 13.2. The van der Waals surface area contributed by atoms with Crippen LogP contribution in [0.1, 0.15) is 18.2 Å². The van der Waals surface area contributed by atoms with Gasteiger partial charge >= 0.3 is 0 Å². The van der Waals surface area contributed by atoms with Crippen LogP contribution in [0.3, 0.4) is 0 Å². The maximum Gasteiger partial charge on any atom is 0.272 e. The molecule has 4 rings (SSSR count). The molecule has 0 bridgehead atoms. The SMILES string of the molecule is CCOc1ccc(-n2c(SCc3ccccc3)nc3c(c2=O)SCC3)cc1. The number of thioether (sulfide) groups is 2. The third kappa shape index (κ3) is 3.92. The predicted octanol–water partition coefficient (Wildman–Crippen LogP) is 4.57. The Hall–Kier alpha value is -2.18. The molecule has 0 saturated carbocycles. The van der Waals surface area contributed by atoms with Crippen molar-refractivity contribution in [3.63, 3.8) is 0 Å². The summed E-state index contributed by atoms with van der Waals surface area (Å²) in [5.74, 6) is 2.50. The Labute approximate surface area is 167 Å². The van der Waals surface area contributed by atoms with Gasteiger partial charge in [0.25, 0.3) is 5.56 Å². The topological polar surface area (TPSA) is 44.1 Å². The molecule has 3 aromatic rings. The summed E-state index contributed by atoms with van der Waals surface area (Å²) < 4.78 is 7.26. The lowest BCUT2D eigenvalue weighted by atomic mass is 10.2. The number of rotatable bonds is 6. The van der Waals surface area contributed by atoms with E-state index in [1.807, 2.05) is 49.4 Å². The fraction of sp³-hybridized carbons (Fsp3) is 0.238. The minimum Gasteiger partial charge on any atom is -0.494 e. The molecule has 1 aromatic heterocycles. The zero-order valence-corrected chi connectivity index (χ0v) is 16.7. The van der Waals surface area contributed by atoms with Crippen molar-refractivity contribution in [2.45, 2.75) is 29.1 Å². The van der Waals surface area contributed by atoms with E-state index in [1.165, 1.54) is 5.56 Å². The lowest BCUT2D eigenvalue weighted by Crippen LogP contribution is -2.23. The van der Waals surface area contributed by atoms with Crippen LogP contribution in [-0.4, -0.2) is 21.9 Å². The van der Waals surface area contributed by atoms with Gasteiger partial charge < -0.3 is 4.74 Å². The summed E-state index contributed by atoms with van der Waals surface area (Å²) in [5, 5.41) is 0.745. The third-order valence-electron chi connectivity index (χ3n) is 4.28. The molecule has 0 spiro atoms. The second-order valence-corrected chi connectivity index (χ2v) is 8.16. The number of hydrogen-bond acceptors (Lipinski definition) is 5. The van der Waals surface area contributed by atoms with Gasteiger partial charge in [-0.15, -0.1) is 11.8 Å². The molecule has 0 N–H and O–H groups in total. The third-order valence-corrected chi connectivity index (χ3v) is 6.40. The quantitative estimate of drug-likeness (QED) is 0.451. The largest absolute Gasteiger partial charge is 0.494 e. The minimum absolute atomic E-state index is 0.0298. The number of aryl methyl sites for hydroxylation is 1. The van der Waals surface area contributed by atoms with Crippen LogP contribution in [0.25, 0.3) is 5.69 Å². The van der Waals surface area contributed by atoms with Gasteiger partial charge in [0, 0.05) is 17.9 Å². The van der Waals surface area contributed by atoms with Gasteiger partial charge in [-0.3, -0.25) is 9.36 Å². The van der Waals surface area contributed by atoms with E-state index in [0.717, 1.165) is 45.1 Å². The van der Waals surface area contributed by atoms with Crippen LogP contribution in [0.2, 0.25) is 0 Å². The minimum atomic E-state index is 0.0298. The van der Waals surface area contributed by atoms with Crippen molar-refractivity contribution < 1.29 is 4.74 Å². The first-order chi connectivity index (χ1) is 13.3. The molecule has 0 fully saturated rings. The van der Waals surface area contributed by atoms with E-state index in [4.69, 9.17) is 9.72 Å². The van der Waals surface area contributed by atoms with Crippen molar-refractivity contribution in [1.82, 2.24) is 9.55 Å². The predicted molar refractivity (Wildman–Crippen MR) is 111 cm³/mol. The van der Waals surface area contributed by atoms with Gasteiger partial charge in [-0.1, -0.05) is 42.1 Å². The molecule has 4 nitrogen and oxygen atoms in total. The fourth-order valence-electron chi connectivity index (χ4n) is 3.00. The van der Waals surface area contributed by atoms with Crippen molar-refractivity contribution in [2.75, 3.05) is 12.4 Å². The first-order valence-corrected chi connectivity index (χ1v) is 10.9. The second-order valence-electron chi connectivity index (χ2n) is 6.11. The summed E-state index contributed by atoms with van der Waals surface area (Å²) >= 11 is 3.21. The molecule has 0 saturated heterocycles. The highest BCUT2D eigenvalue weighted by Gasteiger charge is 2.22. The van der Waals surface area contributed by atoms with E-state index < -0.39 is 0 Å². The molecule has 1 aliphatic rings. The zero-order chi connectivity index (χ0) is 18.6. The maximum absolute atomic E-state index is 13.2. The summed E-state index contributed by atoms with van der Waals surface area (Å²) in [7, 11) is 0. The molecular formula is C21H20N2O2S2. The molecule has 0 aliphatic carbocycles. The molecule has 2 heterocycles. The Bertz CT molecular complexity index is 986. The van der Waals surface area contributed by atoms with Gasteiger partial charge in [0.2, 0.25) is 0 Å². The molecule has 27 heavy (non-hydrogen) atoms. The van der Waals surface area contributed by atoms with Crippen LogP contribution in [0.5, 0.6) is 5.75 Å². The van der Waals surface area contributed by atoms with Gasteiger partial charge in [-0.2, -0.15) is 0 Å². The van der Waals surface area contributed by atoms with E-state index in [9.17, 15) is 4.79 Å². The lowest BCUT2D eigenvalue weighted by Gasteiger charge is -2.14. The van der Waals surface area contributed by atoms with Crippen molar-refractivity contribution in [1.29, 1.82) is 0 Å². The van der Waals surface area contributed by atoms with Crippen molar-refractivity contribution in [2.24, 2.45) is 0 Å². The number of ether oxygens (including phenoxy) is 1. The summed E-state index contributed by atoms with van der Waals surface area (Å²) in [4.78, 5) is 18.8. The van der Waals surface area contributed by atoms with Gasteiger partial charge in [0.1, 0.15) is 5.75 Å². The lowest BCUT2D eigenvalue weighted by molar-refractivity contribution is 0.340. The number of fused-ring (bicyclic) bond motifs is 1. The van der Waals surface area contributed by atoms with Crippen LogP contribution >= 0.6 is 23.5 Å². The molecule has 138 valence electrons. The molecule has 0 atom stereocenters. The Morgan fingerprint density at radius 1 is 1.15 bits per heavy atom. The highest BCUT2D eigenvalue weighted by Crippen LogP contribution is 2.31. The molecular weight excluding hydrogens is 376 g/mol. The summed E-state index contributed by atoms with van der Waals surface area (Å²) in [5.41, 5.74) is 3.00. The van der Waals surface area contributed by atoms with E-state index in [0.29, 0.717) is 6.61 Å². The van der Waals surface area contributed by atoms with E-state index in [1.54, 1.807) is 28.1 Å². The monoisotopic (exact) mass is 396 g/mol. The molecule has 0 unspecified atom stereocenters. The number of benzene rings is 2. The van der Waals surface area contributed by atoms with E-state index in [2.05, 4.69) is 12.1 Å². The van der Waals surface area contributed by atoms with E-state index in [-0.39, 0.29) is 5.56 Å². The zero-order valence-electron chi connectivity index (χ0n) is 15.1. The summed E-state index contributed by atoms with van der Waals surface area (Å²) in [6, 6.07) is 17.9. The summed E-state index contributed by atoms with van der Waals surface area (Å²) in [6.45, 7) is 2.58. The van der Waals surface area contributed by atoms with Crippen molar-refractivity contribution >= 4 is 23.5 Å². The summed E-state index contributed by atoms with van der Waals surface area (Å²) in [6.07, 6.45) is 0.859. The standard InChI is InChI=1S/C21H20N2O2S2/c1-2-25-17-10-8-16(9-11-17)23-20(24)19-18(12-13-26-19)22-21(23)27-14-15-6-4-3-5-7-15/h3-11H,2,12-14H2,1H3. The Morgan fingerprint density at radius 2 is 1.93 bits per heavy atom. The molecule has 1 aliphatic heterocycles. The molecule has 0 radical (unpaired) electrons. The molecule has 6 heteroatoms. The molecule has 0 amide bonds. The second kappa shape index (κ2) is 8.23. The van der Waals surface area contributed by atoms with E-state index >= 15 is 0 Å². The molecule has 2 aromatic carbocycles. The first-order valence-electron chi connectivity index (χ1n) is 8.95. The first kappa shape index (κ1) is 18.2.